The van der Waals surface area contributed by atoms with Crippen molar-refractivity contribution in [2.45, 2.75) is 25.7 Å². The Balaban J connectivity index is 2.47. The molecule has 0 amide bonds. The highest BCUT2D eigenvalue weighted by atomic mass is 16.5. The van der Waals surface area contributed by atoms with Crippen LogP contribution in [-0.2, 0) is 19.1 Å². The van der Waals surface area contributed by atoms with E-state index >= 15 is 0 Å². The summed E-state index contributed by atoms with van der Waals surface area (Å²) in [5.41, 5.74) is 0.600. The molecule has 7 nitrogen and oxygen atoms in total. The van der Waals surface area contributed by atoms with Gasteiger partial charge in [-0.3, -0.25) is 4.79 Å². The van der Waals surface area contributed by atoms with Crippen molar-refractivity contribution in [3.63, 3.8) is 0 Å². The lowest BCUT2D eigenvalue weighted by molar-refractivity contribution is -0.147. The van der Waals surface area contributed by atoms with E-state index in [0.29, 0.717) is 11.1 Å². The smallest absolute Gasteiger partial charge is 0.337 e. The number of methoxy groups -OCH3 is 2. The topological polar surface area (TPSA) is 120 Å². The normalized spacial score (nSPS) is 21.5. The lowest BCUT2D eigenvalue weighted by Gasteiger charge is -2.44. The summed E-state index contributed by atoms with van der Waals surface area (Å²) in [7, 11) is 2.28. The first kappa shape index (κ1) is 23.6. The number of carbonyl (C=O) groups is 2. The molecule has 1 aliphatic carbocycles. The number of hydrogen-bond acceptors (Lipinski definition) is 7. The Kier molecular flexibility index (Phi) is 6.55. The number of hydrogen-bond donors (Lipinski definition) is 1. The molecule has 0 spiro atoms. The highest BCUT2D eigenvalue weighted by Crippen LogP contribution is 2.58. The Morgan fingerprint density at radius 1 is 0.879 bits per heavy atom. The highest BCUT2D eigenvalue weighted by Gasteiger charge is 2.61. The summed E-state index contributed by atoms with van der Waals surface area (Å²) in [5, 5.41) is 32.2. The molecule has 3 rings (SSSR count). The summed E-state index contributed by atoms with van der Waals surface area (Å²) in [6.07, 6.45) is 0. The molecule has 0 heterocycles. The lowest BCUT2D eigenvalue weighted by Crippen LogP contribution is -2.47. The number of esters is 2. The van der Waals surface area contributed by atoms with Crippen LogP contribution in [0, 0.1) is 47.8 Å². The minimum Gasteiger partial charge on any atom is -0.511 e. The van der Waals surface area contributed by atoms with E-state index in [1.807, 2.05) is 13.8 Å². The summed E-state index contributed by atoms with van der Waals surface area (Å²) in [6, 6.07) is 18.2. The molecule has 0 fully saturated rings. The van der Waals surface area contributed by atoms with Gasteiger partial charge in [-0.2, -0.15) is 10.5 Å². The maximum Gasteiger partial charge on any atom is 0.337 e. The second-order valence-corrected chi connectivity index (χ2v) is 8.12. The van der Waals surface area contributed by atoms with Crippen molar-refractivity contribution in [2.75, 3.05) is 14.2 Å². The zero-order chi connectivity index (χ0) is 24.3. The average molecular weight is 444 g/mol. The summed E-state index contributed by atoms with van der Waals surface area (Å²) >= 11 is 0. The molecule has 0 unspecified atom stereocenters. The molecular weight excluding hydrogens is 420 g/mol. The zero-order valence-electron chi connectivity index (χ0n) is 18.8. The molecular formula is C26H24N2O5. The fourth-order valence-corrected chi connectivity index (χ4v) is 4.56. The van der Waals surface area contributed by atoms with E-state index in [1.165, 1.54) is 0 Å². The van der Waals surface area contributed by atoms with Gasteiger partial charge < -0.3 is 14.6 Å². The van der Waals surface area contributed by atoms with Crippen molar-refractivity contribution in [2.24, 2.45) is 11.3 Å². The van der Waals surface area contributed by atoms with E-state index in [-0.39, 0.29) is 5.57 Å². The number of rotatable bonds is 4. The van der Waals surface area contributed by atoms with Crippen molar-refractivity contribution in [1.29, 1.82) is 10.5 Å². The molecule has 7 heteroatoms. The van der Waals surface area contributed by atoms with Crippen LogP contribution in [0.4, 0.5) is 0 Å². The molecule has 1 aliphatic rings. The number of aryl methyl sites for hydroxylation is 2. The van der Waals surface area contributed by atoms with Gasteiger partial charge in [-0.15, -0.1) is 0 Å². The first-order valence-corrected chi connectivity index (χ1v) is 10.3. The number of carbonyl (C=O) groups excluding carboxylic acids is 2. The van der Waals surface area contributed by atoms with Gasteiger partial charge in [0, 0.05) is 5.92 Å². The predicted molar refractivity (Wildman–Crippen MR) is 119 cm³/mol. The second kappa shape index (κ2) is 9.18. The second-order valence-electron chi connectivity index (χ2n) is 8.12. The van der Waals surface area contributed by atoms with Crippen LogP contribution in [0.1, 0.15) is 34.1 Å². The lowest BCUT2D eigenvalue weighted by atomic mass is 9.54. The van der Waals surface area contributed by atoms with Gasteiger partial charge in [0.1, 0.15) is 11.7 Å². The average Bonchev–Trinajstić information content (AvgIpc) is 2.83. The third-order valence-corrected chi connectivity index (χ3v) is 6.22. The third-order valence-electron chi connectivity index (χ3n) is 6.22. The summed E-state index contributed by atoms with van der Waals surface area (Å²) in [4.78, 5) is 25.8. The summed E-state index contributed by atoms with van der Waals surface area (Å²) in [6.45, 7) is 3.76. The quantitative estimate of drug-likeness (QED) is 0.708. The van der Waals surface area contributed by atoms with Crippen molar-refractivity contribution < 1.29 is 24.2 Å². The van der Waals surface area contributed by atoms with Gasteiger partial charge in [0.25, 0.3) is 0 Å². The van der Waals surface area contributed by atoms with Crippen LogP contribution in [-0.4, -0.2) is 31.3 Å². The van der Waals surface area contributed by atoms with Gasteiger partial charge in [0.15, 0.2) is 5.41 Å². The number of aliphatic hydroxyl groups excluding tert-OH is 1. The predicted octanol–water partition coefficient (Wildman–Crippen LogP) is 3.99. The Morgan fingerprint density at radius 3 is 1.79 bits per heavy atom. The van der Waals surface area contributed by atoms with Gasteiger partial charge in [0.05, 0.1) is 37.8 Å². The summed E-state index contributed by atoms with van der Waals surface area (Å²) < 4.78 is 9.84. The van der Waals surface area contributed by atoms with Gasteiger partial charge in [-0.1, -0.05) is 59.7 Å². The van der Waals surface area contributed by atoms with Crippen molar-refractivity contribution >= 4 is 11.9 Å². The molecule has 0 radical (unpaired) electrons. The van der Waals surface area contributed by atoms with Gasteiger partial charge in [-0.05, 0) is 25.0 Å². The minimum absolute atomic E-state index is 0.303. The molecule has 33 heavy (non-hydrogen) atoms. The Hall–Kier alpha value is -4.10. The van der Waals surface area contributed by atoms with E-state index in [4.69, 9.17) is 9.47 Å². The largest absolute Gasteiger partial charge is 0.511 e. The molecule has 2 aromatic rings. The van der Waals surface area contributed by atoms with Crippen LogP contribution in [0.5, 0.6) is 0 Å². The van der Waals surface area contributed by atoms with Crippen LogP contribution >= 0.6 is 0 Å². The van der Waals surface area contributed by atoms with E-state index in [2.05, 4.69) is 12.1 Å². The van der Waals surface area contributed by atoms with Crippen LogP contribution in [0.25, 0.3) is 0 Å². The fraction of sp³-hybridized carbons (Fsp3) is 0.308. The van der Waals surface area contributed by atoms with Crippen LogP contribution in [0.2, 0.25) is 0 Å². The van der Waals surface area contributed by atoms with E-state index in [0.717, 1.165) is 25.3 Å². The molecule has 0 saturated heterocycles. The molecule has 0 aromatic heterocycles. The van der Waals surface area contributed by atoms with Crippen LogP contribution in [0.15, 0.2) is 59.9 Å². The molecule has 168 valence electrons. The molecule has 1 N–H and O–H groups in total. The first-order valence-electron chi connectivity index (χ1n) is 10.3. The Labute approximate surface area is 192 Å². The third kappa shape index (κ3) is 3.83. The number of aliphatic hydroxyl groups is 1. The fourth-order valence-electron chi connectivity index (χ4n) is 4.56. The van der Waals surface area contributed by atoms with E-state index in [9.17, 15) is 25.2 Å². The van der Waals surface area contributed by atoms with Gasteiger partial charge in [-0.25, -0.2) is 4.79 Å². The zero-order valence-corrected chi connectivity index (χ0v) is 18.8. The number of nitrogens with zero attached hydrogens (tertiary/aromatic N) is 2. The highest BCUT2D eigenvalue weighted by molar-refractivity contribution is 5.94. The standard InChI is InChI=1S/C26H24N2O5/c1-15-5-9-17(10-6-15)21-19(24(30)32-3)23(29)20(25(31)33-4)22(26(21,13-27)14-28)18-11-7-16(2)8-12-18/h5-12,19,21-22,29H,1-4H3/t19-,21-,22-/m1/s1. The molecule has 3 atom stereocenters. The molecule has 0 bridgehead atoms. The maximum absolute atomic E-state index is 12.9. The maximum atomic E-state index is 12.9. The minimum atomic E-state index is -1.93. The van der Waals surface area contributed by atoms with Crippen molar-refractivity contribution in [3.8, 4) is 12.1 Å². The van der Waals surface area contributed by atoms with Crippen molar-refractivity contribution in [3.05, 3.63) is 82.1 Å². The van der Waals surface area contributed by atoms with Crippen molar-refractivity contribution in [1.82, 2.24) is 0 Å². The Morgan fingerprint density at radius 2 is 1.36 bits per heavy atom. The molecule has 2 aromatic carbocycles. The number of nitriles is 2. The monoisotopic (exact) mass is 444 g/mol. The first-order chi connectivity index (χ1) is 15.7. The van der Waals surface area contributed by atoms with E-state index < -0.39 is 40.9 Å². The SMILES string of the molecule is COC(=O)C1=C(O)[C@H](C(=O)OC)[C@@H](c2ccc(C)cc2)C(C#N)(C#N)[C@@H]1c1ccc(C)cc1. The summed E-state index contributed by atoms with van der Waals surface area (Å²) in [5.74, 6) is -6.09. The Bertz CT molecular complexity index is 1170. The number of ether oxygens (including phenoxy) is 2. The molecule has 0 aliphatic heterocycles. The number of benzene rings is 2. The van der Waals surface area contributed by atoms with Gasteiger partial charge >= 0.3 is 11.9 Å². The van der Waals surface area contributed by atoms with Gasteiger partial charge in [0.2, 0.25) is 0 Å². The van der Waals surface area contributed by atoms with E-state index in [1.54, 1.807) is 48.5 Å². The van der Waals surface area contributed by atoms with Crippen LogP contribution in [0.3, 0.4) is 0 Å². The van der Waals surface area contributed by atoms with Crippen LogP contribution < -0.4 is 0 Å². The molecule has 0 saturated carbocycles.